The first-order valence-electron chi connectivity index (χ1n) is 4.96. The van der Waals surface area contributed by atoms with E-state index in [9.17, 15) is 0 Å². The van der Waals surface area contributed by atoms with Crippen molar-refractivity contribution in [3.63, 3.8) is 0 Å². The molecule has 2 heteroatoms. The Hall–Kier alpha value is -1.12. The van der Waals surface area contributed by atoms with Crippen LogP contribution >= 0.6 is 0 Å². The van der Waals surface area contributed by atoms with Crippen molar-refractivity contribution in [2.24, 2.45) is 0 Å². The highest BCUT2D eigenvalue weighted by molar-refractivity contribution is 5.48. The molecule has 0 aliphatic heterocycles. The number of aliphatic hydroxyl groups is 1. The fourth-order valence-corrected chi connectivity index (χ4v) is 1.17. The van der Waals surface area contributed by atoms with Crippen molar-refractivity contribution in [2.45, 2.75) is 6.42 Å². The van der Waals surface area contributed by atoms with Gasteiger partial charge in [-0.2, -0.15) is 0 Å². The summed E-state index contributed by atoms with van der Waals surface area (Å²) in [6.45, 7) is 1.81. The molecule has 1 aromatic carbocycles. The van der Waals surface area contributed by atoms with Crippen LogP contribution in [0, 0.1) is 0 Å². The first kappa shape index (κ1) is 11.0. The molecule has 76 valence electrons. The predicted molar refractivity (Wildman–Crippen MR) is 60.0 cm³/mol. The molecule has 0 aliphatic rings. The smallest absolute Gasteiger partial charge is 0.0555 e. The summed E-state index contributed by atoms with van der Waals surface area (Å²) in [7, 11) is 0. The van der Waals surface area contributed by atoms with Gasteiger partial charge in [0.15, 0.2) is 0 Å². The van der Waals surface area contributed by atoms with Gasteiger partial charge in [-0.1, -0.05) is 42.5 Å². The average Bonchev–Trinajstić information content (AvgIpc) is 2.25. The molecule has 0 atom stereocenters. The second kappa shape index (κ2) is 7.30. The van der Waals surface area contributed by atoms with Crippen LogP contribution in [0.2, 0.25) is 0 Å². The van der Waals surface area contributed by atoms with Crippen molar-refractivity contribution in [1.82, 2.24) is 5.32 Å². The maximum Gasteiger partial charge on any atom is 0.0555 e. The van der Waals surface area contributed by atoms with Crippen LogP contribution in [0.15, 0.2) is 36.4 Å². The summed E-state index contributed by atoms with van der Waals surface area (Å²) in [5.41, 5.74) is 1.23. The molecule has 0 amide bonds. The molecular formula is C12H17NO. The van der Waals surface area contributed by atoms with Crippen molar-refractivity contribution < 1.29 is 5.11 Å². The molecule has 0 fully saturated rings. The highest BCUT2D eigenvalue weighted by atomic mass is 16.3. The van der Waals surface area contributed by atoms with Crippen LogP contribution in [0.4, 0.5) is 0 Å². The van der Waals surface area contributed by atoms with Crippen LogP contribution in [0.3, 0.4) is 0 Å². The summed E-state index contributed by atoms with van der Waals surface area (Å²) in [4.78, 5) is 0. The van der Waals surface area contributed by atoms with E-state index in [0.29, 0.717) is 6.54 Å². The zero-order valence-electron chi connectivity index (χ0n) is 8.32. The van der Waals surface area contributed by atoms with Crippen LogP contribution in [-0.2, 0) is 0 Å². The Balaban J connectivity index is 2.15. The fourth-order valence-electron chi connectivity index (χ4n) is 1.17. The minimum atomic E-state index is 0.211. The van der Waals surface area contributed by atoms with E-state index in [1.54, 1.807) is 0 Å². The van der Waals surface area contributed by atoms with Crippen LogP contribution in [-0.4, -0.2) is 24.8 Å². The van der Waals surface area contributed by atoms with Gasteiger partial charge in [0.2, 0.25) is 0 Å². The third-order valence-electron chi connectivity index (χ3n) is 1.89. The van der Waals surface area contributed by atoms with Crippen molar-refractivity contribution in [2.75, 3.05) is 19.7 Å². The van der Waals surface area contributed by atoms with E-state index < -0.39 is 0 Å². The standard InChI is InChI=1S/C12H17NO/c14-11-10-13-9-5-4-8-12-6-2-1-3-7-12/h1-4,6-8,13-14H,5,9-11H2/b8-4-. The van der Waals surface area contributed by atoms with Crippen LogP contribution in [0.25, 0.3) is 6.08 Å². The van der Waals surface area contributed by atoms with E-state index in [2.05, 4.69) is 29.6 Å². The molecule has 0 saturated heterocycles. The Labute approximate surface area is 85.3 Å². The first-order valence-corrected chi connectivity index (χ1v) is 4.96. The van der Waals surface area contributed by atoms with Gasteiger partial charge in [0.25, 0.3) is 0 Å². The molecule has 0 aromatic heterocycles. The van der Waals surface area contributed by atoms with Crippen LogP contribution < -0.4 is 5.32 Å². The lowest BCUT2D eigenvalue weighted by Crippen LogP contribution is -2.18. The van der Waals surface area contributed by atoms with Crippen molar-refractivity contribution in [1.29, 1.82) is 0 Å². The summed E-state index contributed by atoms with van der Waals surface area (Å²) in [6, 6.07) is 10.2. The number of nitrogens with one attached hydrogen (secondary N) is 1. The lowest BCUT2D eigenvalue weighted by Gasteiger charge is -1.97. The number of hydrogen-bond donors (Lipinski definition) is 2. The number of aliphatic hydroxyl groups excluding tert-OH is 1. The molecule has 0 radical (unpaired) electrons. The number of rotatable bonds is 6. The van der Waals surface area contributed by atoms with E-state index in [1.807, 2.05) is 18.2 Å². The topological polar surface area (TPSA) is 32.3 Å². The van der Waals surface area contributed by atoms with Crippen LogP contribution in [0.5, 0.6) is 0 Å². The van der Waals surface area contributed by atoms with Crippen molar-refractivity contribution >= 4 is 6.08 Å². The maximum absolute atomic E-state index is 8.52. The Bertz CT molecular complexity index is 256. The Kier molecular flexibility index (Phi) is 5.71. The van der Waals surface area contributed by atoms with Gasteiger partial charge in [-0.15, -0.1) is 0 Å². The van der Waals surface area contributed by atoms with E-state index in [-0.39, 0.29) is 6.61 Å². The van der Waals surface area contributed by atoms with E-state index >= 15 is 0 Å². The SMILES string of the molecule is OCCNCC/C=C\c1ccccc1. The Morgan fingerprint density at radius 3 is 2.64 bits per heavy atom. The lowest BCUT2D eigenvalue weighted by atomic mass is 10.2. The molecule has 2 N–H and O–H groups in total. The second-order valence-electron chi connectivity index (χ2n) is 3.08. The zero-order valence-corrected chi connectivity index (χ0v) is 8.32. The molecule has 0 saturated carbocycles. The minimum absolute atomic E-state index is 0.211. The maximum atomic E-state index is 8.52. The van der Waals surface area contributed by atoms with Crippen molar-refractivity contribution in [3.8, 4) is 0 Å². The zero-order chi connectivity index (χ0) is 10.1. The summed E-state index contributed by atoms with van der Waals surface area (Å²) < 4.78 is 0. The summed E-state index contributed by atoms with van der Waals surface area (Å²) in [5.74, 6) is 0. The molecule has 0 aliphatic carbocycles. The Morgan fingerprint density at radius 2 is 1.93 bits per heavy atom. The quantitative estimate of drug-likeness (QED) is 0.670. The van der Waals surface area contributed by atoms with Crippen LogP contribution in [0.1, 0.15) is 12.0 Å². The number of benzene rings is 1. The number of hydrogen-bond acceptors (Lipinski definition) is 2. The minimum Gasteiger partial charge on any atom is -0.395 e. The molecule has 2 nitrogen and oxygen atoms in total. The molecule has 1 aromatic rings. The monoisotopic (exact) mass is 191 g/mol. The normalized spacial score (nSPS) is 10.9. The average molecular weight is 191 g/mol. The second-order valence-corrected chi connectivity index (χ2v) is 3.08. The lowest BCUT2D eigenvalue weighted by molar-refractivity contribution is 0.293. The fraction of sp³-hybridized carbons (Fsp3) is 0.333. The van der Waals surface area contributed by atoms with Gasteiger partial charge in [0.05, 0.1) is 6.61 Å². The molecule has 0 unspecified atom stereocenters. The molecule has 0 bridgehead atoms. The van der Waals surface area contributed by atoms with E-state index in [0.717, 1.165) is 13.0 Å². The molecule has 14 heavy (non-hydrogen) atoms. The third-order valence-corrected chi connectivity index (χ3v) is 1.89. The third kappa shape index (κ3) is 4.80. The van der Waals surface area contributed by atoms with Gasteiger partial charge in [0.1, 0.15) is 0 Å². The summed E-state index contributed by atoms with van der Waals surface area (Å²) >= 11 is 0. The molecule has 0 spiro atoms. The Morgan fingerprint density at radius 1 is 1.14 bits per heavy atom. The van der Waals surface area contributed by atoms with Crippen molar-refractivity contribution in [3.05, 3.63) is 42.0 Å². The van der Waals surface area contributed by atoms with Gasteiger partial charge in [0, 0.05) is 6.54 Å². The van der Waals surface area contributed by atoms with Gasteiger partial charge in [-0.05, 0) is 18.5 Å². The molecular weight excluding hydrogens is 174 g/mol. The van der Waals surface area contributed by atoms with E-state index in [1.165, 1.54) is 5.56 Å². The highest BCUT2D eigenvalue weighted by Gasteiger charge is 1.84. The predicted octanol–water partition coefficient (Wildman–Crippen LogP) is 1.67. The van der Waals surface area contributed by atoms with Gasteiger partial charge in [-0.25, -0.2) is 0 Å². The van der Waals surface area contributed by atoms with E-state index in [4.69, 9.17) is 5.11 Å². The highest BCUT2D eigenvalue weighted by Crippen LogP contribution is 2.01. The van der Waals surface area contributed by atoms with Gasteiger partial charge < -0.3 is 10.4 Å². The largest absolute Gasteiger partial charge is 0.395 e. The van der Waals surface area contributed by atoms with Gasteiger partial charge in [-0.3, -0.25) is 0 Å². The summed E-state index contributed by atoms with van der Waals surface area (Å²) in [6.07, 6.45) is 5.25. The summed E-state index contributed by atoms with van der Waals surface area (Å²) in [5, 5.41) is 11.6. The molecule has 1 rings (SSSR count). The van der Waals surface area contributed by atoms with Gasteiger partial charge >= 0.3 is 0 Å². The molecule has 0 heterocycles. The first-order chi connectivity index (χ1) is 6.93.